The molecule has 10 heteroatoms. The summed E-state index contributed by atoms with van der Waals surface area (Å²) >= 11 is 0. The maximum atomic E-state index is 14.4. The van der Waals surface area contributed by atoms with E-state index in [0.29, 0.717) is 31.6 Å². The molecule has 1 aromatic heterocycles. The van der Waals surface area contributed by atoms with Gasteiger partial charge in [0.2, 0.25) is 0 Å². The highest BCUT2D eigenvalue weighted by Gasteiger charge is 2.23. The lowest BCUT2D eigenvalue weighted by Gasteiger charge is -2.28. The average Bonchev–Trinajstić information content (AvgIpc) is 2.90. The molecule has 40 heavy (non-hydrogen) atoms. The van der Waals surface area contributed by atoms with Crippen LogP contribution in [0.15, 0.2) is 30.3 Å². The lowest BCUT2D eigenvalue weighted by Crippen LogP contribution is -2.42. The van der Waals surface area contributed by atoms with Crippen molar-refractivity contribution in [1.29, 1.82) is 0 Å². The van der Waals surface area contributed by atoms with E-state index in [1.807, 2.05) is 20.8 Å². The third-order valence-electron chi connectivity index (χ3n) is 6.49. The molecule has 9 nitrogen and oxygen atoms in total. The van der Waals surface area contributed by atoms with Crippen molar-refractivity contribution in [3.05, 3.63) is 53.0 Å². The van der Waals surface area contributed by atoms with Crippen LogP contribution >= 0.6 is 0 Å². The first-order valence-electron chi connectivity index (χ1n) is 14.0. The predicted octanol–water partition coefficient (Wildman–Crippen LogP) is 5.04. The molecule has 1 aliphatic rings. The second-order valence-corrected chi connectivity index (χ2v) is 10.8. The average molecular weight is 559 g/mol. The highest BCUT2D eigenvalue weighted by Crippen LogP contribution is 2.24. The first kappa shape index (κ1) is 31.1. The molecule has 1 amide bonds. The molecule has 2 aromatic rings. The van der Waals surface area contributed by atoms with Crippen LogP contribution in [0.5, 0.6) is 5.75 Å². The largest absolute Gasteiger partial charge is 0.494 e. The number of aromatic nitrogens is 1. The molecular formula is C30H43FN4O5. The Bertz CT molecular complexity index is 1140. The number of nitrogens with zero attached hydrogens (tertiary/aromatic N) is 2. The minimum absolute atomic E-state index is 0.0179. The fourth-order valence-electron chi connectivity index (χ4n) is 4.55. The van der Waals surface area contributed by atoms with Gasteiger partial charge >= 0.3 is 12.1 Å². The lowest BCUT2D eigenvalue weighted by atomic mass is 10.0. The number of carbonyl (C=O) groups is 2. The molecule has 0 bridgehead atoms. The van der Waals surface area contributed by atoms with E-state index in [9.17, 15) is 14.0 Å². The number of ether oxygens (including phenoxy) is 3. The normalized spacial score (nSPS) is 13.6. The van der Waals surface area contributed by atoms with Crippen LogP contribution in [0.1, 0.15) is 69.8 Å². The Balaban J connectivity index is 1.65. The van der Waals surface area contributed by atoms with Crippen molar-refractivity contribution in [2.75, 3.05) is 45.2 Å². The van der Waals surface area contributed by atoms with Crippen LogP contribution in [0, 0.1) is 5.82 Å². The number of hydrogen-bond acceptors (Lipinski definition) is 8. The number of hydrogen-bond donors (Lipinski definition) is 2. The molecule has 3 rings (SSSR count). The first-order chi connectivity index (χ1) is 19.1. The van der Waals surface area contributed by atoms with E-state index in [4.69, 9.17) is 19.2 Å². The van der Waals surface area contributed by atoms with E-state index in [-0.39, 0.29) is 18.8 Å². The fourth-order valence-corrected chi connectivity index (χ4v) is 4.55. The Hall–Kier alpha value is -3.40. The van der Waals surface area contributed by atoms with E-state index in [2.05, 4.69) is 22.8 Å². The highest BCUT2D eigenvalue weighted by molar-refractivity contribution is 5.70. The van der Waals surface area contributed by atoms with Crippen molar-refractivity contribution < 1.29 is 28.2 Å². The monoisotopic (exact) mass is 558 g/mol. The third-order valence-corrected chi connectivity index (χ3v) is 6.49. The van der Waals surface area contributed by atoms with Gasteiger partial charge in [-0.3, -0.25) is 4.79 Å². The second kappa shape index (κ2) is 14.8. The van der Waals surface area contributed by atoms with Crippen LogP contribution in [0.25, 0.3) is 0 Å². The molecule has 0 radical (unpaired) electrons. The Morgan fingerprint density at radius 1 is 1.20 bits per heavy atom. The highest BCUT2D eigenvalue weighted by atomic mass is 19.1. The summed E-state index contributed by atoms with van der Waals surface area (Å²) < 4.78 is 30.2. The van der Waals surface area contributed by atoms with Gasteiger partial charge in [-0.2, -0.15) is 0 Å². The van der Waals surface area contributed by atoms with Crippen molar-refractivity contribution in [3.63, 3.8) is 0 Å². The Morgan fingerprint density at radius 3 is 2.70 bits per heavy atom. The maximum absolute atomic E-state index is 14.4. The molecule has 0 saturated carbocycles. The number of pyridine rings is 1. The number of rotatable bonds is 13. The van der Waals surface area contributed by atoms with Crippen molar-refractivity contribution in [3.8, 4) is 5.75 Å². The van der Waals surface area contributed by atoms with E-state index >= 15 is 0 Å². The smallest absolute Gasteiger partial charge is 0.410 e. The zero-order valence-corrected chi connectivity index (χ0v) is 24.3. The number of fused-ring (bicyclic) bond motifs is 1. The summed E-state index contributed by atoms with van der Waals surface area (Å²) in [6, 6.07) is 8.27. The number of anilines is 1. The van der Waals surface area contributed by atoms with Crippen LogP contribution in [0.2, 0.25) is 0 Å². The van der Waals surface area contributed by atoms with Crippen LogP contribution in [0.3, 0.4) is 0 Å². The minimum Gasteiger partial charge on any atom is -0.494 e. The Kier molecular flexibility index (Phi) is 11.5. The van der Waals surface area contributed by atoms with Gasteiger partial charge in [-0.1, -0.05) is 12.1 Å². The molecule has 1 aromatic carbocycles. The fraction of sp³-hybridized carbons (Fsp3) is 0.567. The van der Waals surface area contributed by atoms with Gasteiger partial charge in [0.15, 0.2) is 11.6 Å². The van der Waals surface area contributed by atoms with Crippen molar-refractivity contribution in [2.45, 2.75) is 71.4 Å². The van der Waals surface area contributed by atoms with Crippen molar-refractivity contribution >= 4 is 17.9 Å². The molecule has 0 fully saturated rings. The van der Waals surface area contributed by atoms with Crippen molar-refractivity contribution in [2.24, 2.45) is 0 Å². The number of esters is 1. The summed E-state index contributed by atoms with van der Waals surface area (Å²) in [7, 11) is 1.40. The lowest BCUT2D eigenvalue weighted by molar-refractivity contribution is -0.143. The molecule has 0 unspecified atom stereocenters. The molecule has 0 aliphatic carbocycles. The Labute approximate surface area is 236 Å². The number of aryl methyl sites for hydroxylation is 2. The van der Waals surface area contributed by atoms with Gasteiger partial charge in [0, 0.05) is 37.9 Å². The van der Waals surface area contributed by atoms with Gasteiger partial charge in [0.1, 0.15) is 11.4 Å². The molecule has 1 atom stereocenters. The number of carbonyl (C=O) groups excluding carboxylic acids is 2. The summed E-state index contributed by atoms with van der Waals surface area (Å²) in [5, 5.41) is 6.66. The van der Waals surface area contributed by atoms with E-state index < -0.39 is 29.5 Å². The van der Waals surface area contributed by atoms with Crippen LogP contribution in [-0.4, -0.2) is 67.4 Å². The number of nitrogens with one attached hydrogen (secondary N) is 2. The summed E-state index contributed by atoms with van der Waals surface area (Å²) in [4.78, 5) is 31.7. The first-order valence-corrected chi connectivity index (χ1v) is 14.0. The molecule has 2 N–H and O–H groups in total. The predicted molar refractivity (Wildman–Crippen MR) is 152 cm³/mol. The third kappa shape index (κ3) is 9.66. The number of amides is 1. The van der Waals surface area contributed by atoms with Gasteiger partial charge in [-0.25, -0.2) is 14.2 Å². The van der Waals surface area contributed by atoms with E-state index in [1.54, 1.807) is 17.9 Å². The molecule has 0 spiro atoms. The number of benzene rings is 1. The number of methoxy groups -OCH3 is 1. The van der Waals surface area contributed by atoms with Crippen LogP contribution in [0.4, 0.5) is 15.0 Å². The Morgan fingerprint density at radius 2 is 2.00 bits per heavy atom. The summed E-state index contributed by atoms with van der Waals surface area (Å²) in [6.07, 6.45) is 3.19. The summed E-state index contributed by atoms with van der Waals surface area (Å²) in [5.41, 5.74) is 2.17. The van der Waals surface area contributed by atoms with Gasteiger partial charge in [0.25, 0.3) is 0 Å². The van der Waals surface area contributed by atoms with Gasteiger partial charge in [-0.15, -0.1) is 0 Å². The molecular weight excluding hydrogens is 515 g/mol. The second-order valence-electron chi connectivity index (χ2n) is 10.8. The van der Waals surface area contributed by atoms with Gasteiger partial charge in [-0.05, 0) is 82.7 Å². The molecule has 2 heterocycles. The quantitative estimate of drug-likeness (QED) is 0.330. The molecule has 220 valence electrons. The SMILES string of the molecule is CCOC(=O)C[C@H](NCCN(CCCc1ccc2c(n1)NCCC2)C(=O)OC(C)(C)C)c1ccc(OC)c(F)c1. The van der Waals surface area contributed by atoms with E-state index in [1.165, 1.54) is 24.8 Å². The topological polar surface area (TPSA) is 102 Å². The minimum atomic E-state index is -0.637. The standard InChI is InChI=1S/C30H43FN4O5/c1-6-39-27(36)20-25(22-12-14-26(38-5)24(31)19-22)32-16-18-35(29(37)40-30(2,3)4)17-8-10-23-13-11-21-9-7-15-33-28(21)34-23/h11-14,19,25,32H,6-10,15-18,20H2,1-5H3,(H,33,34)/t25-/m0/s1. The van der Waals surface area contributed by atoms with Crippen LogP contribution in [-0.2, 0) is 27.1 Å². The zero-order valence-electron chi connectivity index (χ0n) is 24.3. The van der Waals surface area contributed by atoms with Gasteiger partial charge in [0.05, 0.1) is 20.1 Å². The summed E-state index contributed by atoms with van der Waals surface area (Å²) in [6.45, 7) is 9.60. The molecule has 0 saturated heterocycles. The summed E-state index contributed by atoms with van der Waals surface area (Å²) in [5.74, 6) is 0.169. The maximum Gasteiger partial charge on any atom is 0.410 e. The number of halogens is 1. The van der Waals surface area contributed by atoms with E-state index in [0.717, 1.165) is 37.3 Å². The van der Waals surface area contributed by atoms with Crippen molar-refractivity contribution in [1.82, 2.24) is 15.2 Å². The molecule has 1 aliphatic heterocycles. The zero-order chi connectivity index (χ0) is 29.1. The van der Waals surface area contributed by atoms with Crippen LogP contribution < -0.4 is 15.4 Å². The van der Waals surface area contributed by atoms with Gasteiger partial charge < -0.3 is 29.7 Å².